The first-order chi connectivity index (χ1) is 12.9. The van der Waals surface area contributed by atoms with E-state index in [0.29, 0.717) is 5.56 Å². The minimum Gasteiger partial charge on any atom is -0.348 e. The molecule has 4 atom stereocenters. The molecule has 2 N–H and O–H groups in total. The summed E-state index contributed by atoms with van der Waals surface area (Å²) in [4.78, 5) is 25.5. The molecule has 27 heavy (non-hydrogen) atoms. The molecular formula is C22H27ClN2O2. The molecular weight excluding hydrogens is 360 g/mol. The summed E-state index contributed by atoms with van der Waals surface area (Å²) in [6.45, 7) is 5.87. The minimum absolute atomic E-state index is 0.0171. The number of carbonyl (C=O) groups is 2. The van der Waals surface area contributed by atoms with E-state index in [9.17, 15) is 9.59 Å². The van der Waals surface area contributed by atoms with Crippen LogP contribution < -0.4 is 10.6 Å². The summed E-state index contributed by atoms with van der Waals surface area (Å²) in [5, 5.41) is 5.00. The van der Waals surface area contributed by atoms with Crippen molar-refractivity contribution in [2.24, 2.45) is 5.92 Å². The highest BCUT2D eigenvalue weighted by Crippen LogP contribution is 2.21. The van der Waals surface area contributed by atoms with Crippen LogP contribution in [-0.4, -0.2) is 17.9 Å². The van der Waals surface area contributed by atoms with Gasteiger partial charge >= 0.3 is 0 Å². The Labute approximate surface area is 166 Å². The van der Waals surface area contributed by atoms with Crippen LogP contribution in [0.1, 0.15) is 49.7 Å². The maximum absolute atomic E-state index is 12.9. The van der Waals surface area contributed by atoms with Gasteiger partial charge in [-0.3, -0.25) is 9.59 Å². The second kappa shape index (κ2) is 10.1. The van der Waals surface area contributed by atoms with Gasteiger partial charge in [-0.25, -0.2) is 0 Å². The van der Waals surface area contributed by atoms with Crippen molar-refractivity contribution < 1.29 is 9.59 Å². The topological polar surface area (TPSA) is 58.2 Å². The lowest BCUT2D eigenvalue weighted by Gasteiger charge is -2.26. The predicted octanol–water partition coefficient (Wildman–Crippen LogP) is 4.37. The van der Waals surface area contributed by atoms with Gasteiger partial charge in [0, 0.05) is 0 Å². The number of carbonyl (C=O) groups excluding carboxylic acids is 2. The van der Waals surface area contributed by atoms with E-state index in [0.717, 1.165) is 12.0 Å². The van der Waals surface area contributed by atoms with Crippen LogP contribution in [-0.2, 0) is 9.59 Å². The van der Waals surface area contributed by atoms with Crippen LogP contribution in [0, 0.1) is 5.92 Å². The average molecular weight is 387 g/mol. The third-order valence-corrected chi connectivity index (χ3v) is 5.22. The van der Waals surface area contributed by atoms with Crippen LogP contribution in [0.15, 0.2) is 60.7 Å². The fourth-order valence-electron chi connectivity index (χ4n) is 2.83. The highest BCUT2D eigenvalue weighted by molar-refractivity contribution is 6.30. The second-order valence-electron chi connectivity index (χ2n) is 6.79. The molecule has 2 amide bonds. The number of hydrogen-bond donors (Lipinski definition) is 2. The number of halogens is 1. The molecule has 144 valence electrons. The molecule has 0 aliphatic rings. The molecule has 0 aliphatic carbocycles. The van der Waals surface area contributed by atoms with E-state index in [1.165, 1.54) is 0 Å². The van der Waals surface area contributed by atoms with Crippen molar-refractivity contribution in [3.8, 4) is 0 Å². The van der Waals surface area contributed by atoms with Gasteiger partial charge in [-0.05, 0) is 24.0 Å². The maximum atomic E-state index is 12.9. The number of rotatable bonds is 8. The molecule has 0 fully saturated rings. The number of nitrogens with one attached hydrogen (secondary N) is 2. The van der Waals surface area contributed by atoms with Gasteiger partial charge in [-0.1, -0.05) is 80.9 Å². The number of amides is 2. The van der Waals surface area contributed by atoms with E-state index in [1.807, 2.05) is 69.3 Å². The van der Waals surface area contributed by atoms with Crippen molar-refractivity contribution in [2.45, 2.75) is 44.7 Å². The van der Waals surface area contributed by atoms with E-state index in [2.05, 4.69) is 10.6 Å². The van der Waals surface area contributed by atoms with Gasteiger partial charge in [0.15, 0.2) is 0 Å². The summed E-state index contributed by atoms with van der Waals surface area (Å²) in [6, 6.07) is 18.1. The molecule has 4 nitrogen and oxygen atoms in total. The summed E-state index contributed by atoms with van der Waals surface area (Å²) in [6.07, 6.45) is 0.760. The Hall–Kier alpha value is -2.33. The normalized spacial score (nSPS) is 15.3. The Bertz CT molecular complexity index is 736. The summed E-state index contributed by atoms with van der Waals surface area (Å²) in [5.74, 6) is -0.585. The SMILES string of the molecule is CCC(C)C(NC(=O)C(Cl)c1ccccc1)C(=O)NC(C)c1ccccc1. The lowest BCUT2D eigenvalue weighted by Crippen LogP contribution is -2.51. The zero-order chi connectivity index (χ0) is 19.8. The lowest BCUT2D eigenvalue weighted by molar-refractivity contribution is -0.130. The molecule has 0 heterocycles. The fourth-order valence-corrected chi connectivity index (χ4v) is 3.04. The van der Waals surface area contributed by atoms with Gasteiger partial charge in [-0.2, -0.15) is 0 Å². The Morgan fingerprint density at radius 1 is 0.852 bits per heavy atom. The molecule has 0 radical (unpaired) electrons. The molecule has 4 unspecified atom stereocenters. The quantitative estimate of drug-likeness (QED) is 0.661. The summed E-state index contributed by atoms with van der Waals surface area (Å²) in [7, 11) is 0. The van der Waals surface area contributed by atoms with Crippen LogP contribution in [0.5, 0.6) is 0 Å². The third-order valence-electron chi connectivity index (χ3n) is 4.77. The van der Waals surface area contributed by atoms with Gasteiger partial charge in [0.1, 0.15) is 11.4 Å². The molecule has 0 spiro atoms. The zero-order valence-electron chi connectivity index (χ0n) is 16.0. The summed E-state index contributed by atoms with van der Waals surface area (Å²) in [5.41, 5.74) is 1.72. The van der Waals surface area contributed by atoms with Crippen LogP contribution >= 0.6 is 11.6 Å². The highest BCUT2D eigenvalue weighted by Gasteiger charge is 2.29. The van der Waals surface area contributed by atoms with E-state index >= 15 is 0 Å². The monoisotopic (exact) mass is 386 g/mol. The van der Waals surface area contributed by atoms with Crippen molar-refractivity contribution in [1.82, 2.24) is 10.6 Å². The highest BCUT2D eigenvalue weighted by atomic mass is 35.5. The number of benzene rings is 2. The predicted molar refractivity (Wildman–Crippen MR) is 109 cm³/mol. The smallest absolute Gasteiger partial charge is 0.243 e. The van der Waals surface area contributed by atoms with Crippen LogP contribution in [0.4, 0.5) is 0 Å². The van der Waals surface area contributed by atoms with Crippen LogP contribution in [0.25, 0.3) is 0 Å². The Morgan fingerprint density at radius 2 is 1.37 bits per heavy atom. The van der Waals surface area contributed by atoms with Crippen molar-refractivity contribution in [3.05, 3.63) is 71.8 Å². The maximum Gasteiger partial charge on any atom is 0.243 e. The van der Waals surface area contributed by atoms with Gasteiger partial charge in [0.2, 0.25) is 11.8 Å². The van der Waals surface area contributed by atoms with Crippen molar-refractivity contribution >= 4 is 23.4 Å². The van der Waals surface area contributed by atoms with E-state index in [4.69, 9.17) is 11.6 Å². The van der Waals surface area contributed by atoms with Crippen LogP contribution in [0.2, 0.25) is 0 Å². The summed E-state index contributed by atoms with van der Waals surface area (Å²) < 4.78 is 0. The molecule has 0 aliphatic heterocycles. The lowest BCUT2D eigenvalue weighted by atomic mass is 9.97. The molecule has 2 aromatic carbocycles. The van der Waals surface area contributed by atoms with E-state index in [1.54, 1.807) is 12.1 Å². The molecule has 0 saturated carbocycles. The Morgan fingerprint density at radius 3 is 1.89 bits per heavy atom. The van der Waals surface area contributed by atoms with Crippen LogP contribution in [0.3, 0.4) is 0 Å². The molecule has 5 heteroatoms. The second-order valence-corrected chi connectivity index (χ2v) is 7.22. The van der Waals surface area contributed by atoms with Gasteiger partial charge in [-0.15, -0.1) is 11.6 Å². The summed E-state index contributed by atoms with van der Waals surface area (Å²) >= 11 is 6.31. The number of alkyl halides is 1. The largest absolute Gasteiger partial charge is 0.348 e. The molecule has 2 rings (SSSR count). The molecule has 2 aromatic rings. The van der Waals surface area contributed by atoms with Gasteiger partial charge in [0.05, 0.1) is 6.04 Å². The first kappa shape index (κ1) is 21.0. The van der Waals surface area contributed by atoms with Crippen molar-refractivity contribution in [2.75, 3.05) is 0 Å². The Balaban J connectivity index is 2.08. The van der Waals surface area contributed by atoms with Gasteiger partial charge in [0.25, 0.3) is 0 Å². The number of hydrogen-bond acceptors (Lipinski definition) is 2. The molecule has 0 bridgehead atoms. The fraction of sp³-hybridized carbons (Fsp3) is 0.364. The van der Waals surface area contributed by atoms with Crippen molar-refractivity contribution in [1.29, 1.82) is 0 Å². The Kier molecular flexibility index (Phi) is 7.86. The average Bonchev–Trinajstić information content (AvgIpc) is 2.71. The van der Waals surface area contributed by atoms with E-state index < -0.39 is 11.4 Å². The molecule has 0 saturated heterocycles. The first-order valence-electron chi connectivity index (χ1n) is 9.28. The zero-order valence-corrected chi connectivity index (χ0v) is 16.7. The third kappa shape index (κ3) is 5.83. The standard InChI is InChI=1S/C22H27ClN2O2/c1-4-15(2)20(22(27)24-16(3)17-11-7-5-8-12-17)25-21(26)19(23)18-13-9-6-10-14-18/h5-16,19-20H,4H2,1-3H3,(H,24,27)(H,25,26). The van der Waals surface area contributed by atoms with Gasteiger partial charge < -0.3 is 10.6 Å². The first-order valence-corrected chi connectivity index (χ1v) is 9.72. The van der Waals surface area contributed by atoms with E-state index in [-0.39, 0.29) is 23.8 Å². The minimum atomic E-state index is -0.836. The molecule has 0 aromatic heterocycles. The van der Waals surface area contributed by atoms with Crippen molar-refractivity contribution in [3.63, 3.8) is 0 Å².